The molecule has 0 aliphatic carbocycles. The highest BCUT2D eigenvalue weighted by Gasteiger charge is 2.15. The van der Waals surface area contributed by atoms with Gasteiger partial charge < -0.3 is 5.32 Å². The fraction of sp³-hybridized carbons (Fsp3) is 0.375. The van der Waals surface area contributed by atoms with Crippen LogP contribution >= 0.6 is 22.6 Å². The van der Waals surface area contributed by atoms with Crippen LogP contribution in [0.25, 0.3) is 11.4 Å². The first-order chi connectivity index (χ1) is 9.63. The summed E-state index contributed by atoms with van der Waals surface area (Å²) in [5.74, 6) is 2.13. The third-order valence-electron chi connectivity index (χ3n) is 3.00. The smallest absolute Gasteiger partial charge is 0.161 e. The van der Waals surface area contributed by atoms with E-state index in [1.165, 1.54) is 0 Å². The van der Waals surface area contributed by atoms with Crippen LogP contribution in [0.5, 0.6) is 0 Å². The normalized spacial score (nSPS) is 10.8. The number of hydrogen-bond acceptors (Lipinski definition) is 3. The minimum Gasteiger partial charge on any atom is -0.369 e. The van der Waals surface area contributed by atoms with Crippen molar-refractivity contribution in [1.29, 1.82) is 0 Å². The fourth-order valence-electron chi connectivity index (χ4n) is 1.92. The second-order valence-corrected chi connectivity index (χ2v) is 6.12. The van der Waals surface area contributed by atoms with Crippen molar-refractivity contribution in [3.05, 3.63) is 39.6 Å². The minimum absolute atomic E-state index is 0.384. The summed E-state index contributed by atoms with van der Waals surface area (Å²) in [6, 6.07) is 10.2. The van der Waals surface area contributed by atoms with Crippen LogP contribution in [0.3, 0.4) is 0 Å². The maximum absolute atomic E-state index is 4.75. The van der Waals surface area contributed by atoms with E-state index in [4.69, 9.17) is 9.97 Å². The molecule has 0 bridgehead atoms. The van der Waals surface area contributed by atoms with Gasteiger partial charge in [0.1, 0.15) is 5.82 Å². The molecule has 1 aromatic carbocycles. The van der Waals surface area contributed by atoms with Gasteiger partial charge in [-0.1, -0.05) is 51.1 Å². The lowest BCUT2D eigenvalue weighted by Gasteiger charge is -2.14. The molecule has 0 spiro atoms. The molecule has 0 amide bonds. The van der Waals surface area contributed by atoms with Crippen LogP contribution in [-0.2, 0) is 0 Å². The number of hydrogen-bond donors (Lipinski definition) is 1. The molecule has 1 N–H and O–H groups in total. The lowest BCUT2D eigenvalue weighted by molar-refractivity contribution is 0.807. The van der Waals surface area contributed by atoms with Gasteiger partial charge in [-0.05, 0) is 34.9 Å². The predicted molar refractivity (Wildman–Crippen MR) is 93.1 cm³/mol. The molecule has 0 radical (unpaired) electrons. The molecule has 0 saturated heterocycles. The number of benzene rings is 1. The van der Waals surface area contributed by atoms with Crippen LogP contribution in [-0.4, -0.2) is 16.5 Å². The topological polar surface area (TPSA) is 37.8 Å². The van der Waals surface area contributed by atoms with Crippen molar-refractivity contribution in [2.45, 2.75) is 33.1 Å². The van der Waals surface area contributed by atoms with Gasteiger partial charge in [0.15, 0.2) is 5.82 Å². The number of rotatable bonds is 5. The first kappa shape index (κ1) is 15.2. The number of halogens is 1. The molecule has 3 nitrogen and oxygen atoms in total. The van der Waals surface area contributed by atoms with E-state index in [1.807, 2.05) is 18.2 Å². The molecule has 2 rings (SSSR count). The molecular formula is C16H20IN3. The number of nitrogens with one attached hydrogen (secondary N) is 1. The van der Waals surface area contributed by atoms with Crippen molar-refractivity contribution < 1.29 is 0 Å². The maximum atomic E-state index is 4.75. The summed E-state index contributed by atoms with van der Waals surface area (Å²) < 4.78 is 1.13. The molecule has 4 heteroatoms. The summed E-state index contributed by atoms with van der Waals surface area (Å²) in [6.07, 6.45) is 1.08. The van der Waals surface area contributed by atoms with Crippen molar-refractivity contribution in [3.63, 3.8) is 0 Å². The molecule has 0 fully saturated rings. The number of aromatic nitrogens is 2. The second kappa shape index (κ2) is 7.02. The summed E-state index contributed by atoms with van der Waals surface area (Å²) in [5.41, 5.74) is 2.17. The first-order valence-corrected chi connectivity index (χ1v) is 8.08. The second-order valence-electron chi connectivity index (χ2n) is 5.04. The highest BCUT2D eigenvalue weighted by molar-refractivity contribution is 14.1. The standard InChI is InChI=1S/C16H20IN3/c1-4-10-18-16-13(17)14(11(2)3)19-15(20-16)12-8-6-5-7-9-12/h5-9,11H,4,10H2,1-3H3,(H,18,19,20). The summed E-state index contributed by atoms with van der Waals surface area (Å²) in [4.78, 5) is 9.45. The third-order valence-corrected chi connectivity index (χ3v) is 4.06. The molecule has 1 heterocycles. The Hall–Kier alpha value is -1.17. The Balaban J connectivity index is 2.50. The van der Waals surface area contributed by atoms with Crippen LogP contribution < -0.4 is 5.32 Å². The number of anilines is 1. The minimum atomic E-state index is 0.384. The van der Waals surface area contributed by atoms with E-state index >= 15 is 0 Å². The van der Waals surface area contributed by atoms with E-state index in [0.29, 0.717) is 5.92 Å². The van der Waals surface area contributed by atoms with Crippen LogP contribution in [0.2, 0.25) is 0 Å². The third kappa shape index (κ3) is 3.48. The monoisotopic (exact) mass is 381 g/mol. The highest BCUT2D eigenvalue weighted by Crippen LogP contribution is 2.28. The lowest BCUT2D eigenvalue weighted by Crippen LogP contribution is -2.10. The first-order valence-electron chi connectivity index (χ1n) is 7.00. The molecule has 106 valence electrons. The van der Waals surface area contributed by atoms with Gasteiger partial charge in [-0.3, -0.25) is 0 Å². The SMILES string of the molecule is CCCNc1nc(-c2ccccc2)nc(C(C)C)c1I. The summed E-state index contributed by atoms with van der Waals surface area (Å²) in [7, 11) is 0. The van der Waals surface area contributed by atoms with Gasteiger partial charge in [-0.25, -0.2) is 9.97 Å². The Morgan fingerprint density at radius 1 is 1.15 bits per heavy atom. The van der Waals surface area contributed by atoms with Gasteiger partial charge in [0, 0.05) is 12.1 Å². The van der Waals surface area contributed by atoms with Crippen LogP contribution in [0, 0.1) is 3.57 Å². The van der Waals surface area contributed by atoms with Crippen molar-refractivity contribution in [1.82, 2.24) is 9.97 Å². The van der Waals surface area contributed by atoms with E-state index < -0.39 is 0 Å². The van der Waals surface area contributed by atoms with Crippen LogP contribution in [0.4, 0.5) is 5.82 Å². The molecule has 0 saturated carbocycles. The summed E-state index contributed by atoms with van der Waals surface area (Å²) in [5, 5.41) is 3.41. The Kier molecular flexibility index (Phi) is 5.34. The van der Waals surface area contributed by atoms with Gasteiger partial charge in [-0.2, -0.15) is 0 Å². The van der Waals surface area contributed by atoms with Crippen molar-refractivity contribution >= 4 is 28.4 Å². The largest absolute Gasteiger partial charge is 0.369 e. The Morgan fingerprint density at radius 3 is 2.45 bits per heavy atom. The molecule has 0 aliphatic heterocycles. The van der Waals surface area contributed by atoms with Gasteiger partial charge >= 0.3 is 0 Å². The summed E-state index contributed by atoms with van der Waals surface area (Å²) >= 11 is 2.34. The molecule has 20 heavy (non-hydrogen) atoms. The molecule has 0 unspecified atom stereocenters. The van der Waals surface area contributed by atoms with Crippen molar-refractivity contribution in [3.8, 4) is 11.4 Å². The zero-order valence-corrected chi connectivity index (χ0v) is 14.3. The molecular weight excluding hydrogens is 361 g/mol. The van der Waals surface area contributed by atoms with Crippen LogP contribution in [0.1, 0.15) is 38.8 Å². The number of nitrogens with zero attached hydrogens (tertiary/aromatic N) is 2. The predicted octanol–water partition coefficient (Wildman–Crippen LogP) is 4.69. The van der Waals surface area contributed by atoms with Crippen LogP contribution in [0.15, 0.2) is 30.3 Å². The Labute approximate surface area is 134 Å². The van der Waals surface area contributed by atoms with E-state index in [-0.39, 0.29) is 0 Å². The molecule has 0 aliphatic rings. The molecule has 2 aromatic rings. The van der Waals surface area contributed by atoms with E-state index in [9.17, 15) is 0 Å². The molecule has 0 atom stereocenters. The summed E-state index contributed by atoms with van der Waals surface area (Å²) in [6.45, 7) is 7.42. The zero-order valence-electron chi connectivity index (χ0n) is 12.2. The average Bonchev–Trinajstić information content (AvgIpc) is 2.46. The fourth-order valence-corrected chi connectivity index (χ4v) is 2.98. The average molecular weight is 381 g/mol. The van der Waals surface area contributed by atoms with Crippen molar-refractivity contribution in [2.75, 3.05) is 11.9 Å². The lowest BCUT2D eigenvalue weighted by atomic mass is 10.1. The van der Waals surface area contributed by atoms with Gasteiger partial charge in [0.25, 0.3) is 0 Å². The quantitative estimate of drug-likeness (QED) is 0.764. The van der Waals surface area contributed by atoms with Gasteiger partial charge in [0.2, 0.25) is 0 Å². The Morgan fingerprint density at radius 2 is 1.85 bits per heavy atom. The van der Waals surface area contributed by atoms with Crippen molar-refractivity contribution in [2.24, 2.45) is 0 Å². The van der Waals surface area contributed by atoms with E-state index in [2.05, 4.69) is 60.8 Å². The van der Waals surface area contributed by atoms with Gasteiger partial charge in [-0.15, -0.1) is 0 Å². The Bertz CT molecular complexity index is 567. The zero-order chi connectivity index (χ0) is 14.5. The van der Waals surface area contributed by atoms with E-state index in [0.717, 1.165) is 39.4 Å². The van der Waals surface area contributed by atoms with Gasteiger partial charge in [0.05, 0.1) is 9.26 Å². The van der Waals surface area contributed by atoms with E-state index in [1.54, 1.807) is 0 Å². The highest BCUT2D eigenvalue weighted by atomic mass is 127. The maximum Gasteiger partial charge on any atom is 0.161 e. The molecule has 1 aromatic heterocycles.